The Labute approximate surface area is 163 Å². The van der Waals surface area contributed by atoms with E-state index in [9.17, 15) is 17.6 Å². The maximum Gasteiger partial charge on any atom is 0.264 e. The second-order valence-corrected chi connectivity index (χ2v) is 8.19. The number of sulfonamides is 1. The zero-order chi connectivity index (χ0) is 20.3. The summed E-state index contributed by atoms with van der Waals surface area (Å²) < 4.78 is 40.9. The molecule has 0 radical (unpaired) electrons. The molecule has 0 aliphatic heterocycles. The monoisotopic (exact) mass is 398 g/mol. The van der Waals surface area contributed by atoms with Crippen molar-refractivity contribution in [2.45, 2.75) is 11.8 Å². The first kappa shape index (κ1) is 19.6. The molecular formula is C21H19FN2O3S. The van der Waals surface area contributed by atoms with E-state index in [0.29, 0.717) is 5.69 Å². The number of carbonyl (C=O) groups excluding carboxylic acids is 1. The van der Waals surface area contributed by atoms with Crippen LogP contribution in [0.5, 0.6) is 0 Å². The molecule has 3 rings (SSSR count). The van der Waals surface area contributed by atoms with Crippen LogP contribution in [0.3, 0.4) is 0 Å². The van der Waals surface area contributed by atoms with Crippen LogP contribution in [0.4, 0.5) is 15.8 Å². The van der Waals surface area contributed by atoms with Gasteiger partial charge in [0.15, 0.2) is 0 Å². The summed E-state index contributed by atoms with van der Waals surface area (Å²) in [5, 5.41) is 2.45. The number of hydrogen-bond donors (Lipinski definition) is 1. The number of halogens is 1. The van der Waals surface area contributed by atoms with Crippen LogP contribution in [0.1, 0.15) is 15.9 Å². The minimum Gasteiger partial charge on any atom is -0.319 e. The summed E-state index contributed by atoms with van der Waals surface area (Å²) in [7, 11) is -2.41. The molecule has 144 valence electrons. The van der Waals surface area contributed by atoms with Crippen molar-refractivity contribution in [2.24, 2.45) is 0 Å². The summed E-state index contributed by atoms with van der Waals surface area (Å²) in [5.74, 6) is -1.17. The van der Waals surface area contributed by atoms with Gasteiger partial charge in [0.05, 0.1) is 16.3 Å². The van der Waals surface area contributed by atoms with Crippen LogP contribution in [0.2, 0.25) is 0 Å². The van der Waals surface area contributed by atoms with Gasteiger partial charge in [-0.3, -0.25) is 9.10 Å². The molecule has 7 heteroatoms. The molecule has 0 aliphatic rings. The number of amides is 1. The number of anilines is 2. The third-order valence-corrected chi connectivity index (χ3v) is 6.10. The van der Waals surface area contributed by atoms with Crippen LogP contribution in [-0.4, -0.2) is 21.4 Å². The molecule has 1 N–H and O–H groups in total. The lowest BCUT2D eigenvalue weighted by molar-refractivity contribution is 0.102. The van der Waals surface area contributed by atoms with Crippen molar-refractivity contribution in [2.75, 3.05) is 16.7 Å². The predicted molar refractivity (Wildman–Crippen MR) is 108 cm³/mol. The molecule has 0 spiro atoms. The van der Waals surface area contributed by atoms with E-state index >= 15 is 0 Å². The molecule has 0 aliphatic carbocycles. The molecule has 0 heterocycles. The van der Waals surface area contributed by atoms with E-state index in [4.69, 9.17) is 0 Å². The molecule has 0 bridgehead atoms. The maximum absolute atomic E-state index is 13.7. The number of rotatable bonds is 5. The Hall–Kier alpha value is -3.19. The van der Waals surface area contributed by atoms with Crippen molar-refractivity contribution in [3.05, 3.63) is 89.7 Å². The van der Waals surface area contributed by atoms with Crippen molar-refractivity contribution in [3.63, 3.8) is 0 Å². The number of benzene rings is 3. The average molecular weight is 398 g/mol. The zero-order valence-electron chi connectivity index (χ0n) is 15.4. The minimum absolute atomic E-state index is 0.0257. The Morgan fingerprint density at radius 2 is 1.64 bits per heavy atom. The number of nitrogens with one attached hydrogen (secondary N) is 1. The average Bonchev–Trinajstić information content (AvgIpc) is 2.69. The van der Waals surface area contributed by atoms with Crippen molar-refractivity contribution < 1.29 is 17.6 Å². The number of carbonyl (C=O) groups is 1. The molecule has 3 aromatic rings. The van der Waals surface area contributed by atoms with Gasteiger partial charge in [-0.15, -0.1) is 0 Å². The fourth-order valence-electron chi connectivity index (χ4n) is 2.76. The SMILES string of the molecule is Cc1ccccc1N(C)S(=O)(=O)c1cccc(C(=O)Nc2ccccc2F)c1. The largest absolute Gasteiger partial charge is 0.319 e. The lowest BCUT2D eigenvalue weighted by atomic mass is 10.2. The summed E-state index contributed by atoms with van der Waals surface area (Å²) in [4.78, 5) is 12.4. The van der Waals surface area contributed by atoms with Crippen molar-refractivity contribution in [3.8, 4) is 0 Å². The fourth-order valence-corrected chi connectivity index (χ4v) is 4.07. The first-order valence-corrected chi connectivity index (χ1v) is 9.95. The van der Waals surface area contributed by atoms with E-state index in [0.717, 1.165) is 5.56 Å². The van der Waals surface area contributed by atoms with E-state index in [1.54, 1.807) is 18.2 Å². The quantitative estimate of drug-likeness (QED) is 0.700. The van der Waals surface area contributed by atoms with Crippen LogP contribution in [0.15, 0.2) is 77.7 Å². The smallest absolute Gasteiger partial charge is 0.264 e. The molecule has 0 saturated heterocycles. The lowest BCUT2D eigenvalue weighted by Gasteiger charge is -2.21. The number of nitrogens with zero attached hydrogens (tertiary/aromatic N) is 1. The summed E-state index contributed by atoms with van der Waals surface area (Å²) in [5.41, 5.74) is 1.49. The van der Waals surface area contributed by atoms with E-state index in [1.165, 1.54) is 53.8 Å². The highest BCUT2D eigenvalue weighted by atomic mass is 32.2. The van der Waals surface area contributed by atoms with Gasteiger partial charge >= 0.3 is 0 Å². The summed E-state index contributed by atoms with van der Waals surface area (Å²) in [6.45, 7) is 1.82. The first-order valence-electron chi connectivity index (χ1n) is 8.51. The van der Waals surface area contributed by atoms with Gasteiger partial charge in [0.25, 0.3) is 15.9 Å². The second-order valence-electron chi connectivity index (χ2n) is 6.22. The van der Waals surface area contributed by atoms with Gasteiger partial charge in [-0.1, -0.05) is 36.4 Å². The second kappa shape index (κ2) is 7.82. The molecule has 0 aromatic heterocycles. The Morgan fingerprint density at radius 3 is 2.36 bits per heavy atom. The topological polar surface area (TPSA) is 66.5 Å². The third-order valence-electron chi connectivity index (χ3n) is 4.33. The van der Waals surface area contributed by atoms with Crippen LogP contribution in [-0.2, 0) is 10.0 Å². The van der Waals surface area contributed by atoms with E-state index in [2.05, 4.69) is 5.32 Å². The van der Waals surface area contributed by atoms with Gasteiger partial charge < -0.3 is 5.32 Å². The van der Waals surface area contributed by atoms with Crippen molar-refractivity contribution in [1.82, 2.24) is 0 Å². The number of aryl methyl sites for hydroxylation is 1. The Morgan fingerprint density at radius 1 is 0.964 bits per heavy atom. The summed E-state index contributed by atoms with van der Waals surface area (Å²) in [6.07, 6.45) is 0. The summed E-state index contributed by atoms with van der Waals surface area (Å²) in [6, 6.07) is 18.5. The Kier molecular flexibility index (Phi) is 5.46. The third kappa shape index (κ3) is 3.89. The molecule has 1 amide bonds. The molecule has 3 aromatic carbocycles. The van der Waals surface area contributed by atoms with Crippen molar-refractivity contribution >= 4 is 27.3 Å². The highest BCUT2D eigenvalue weighted by Gasteiger charge is 2.23. The van der Waals surface area contributed by atoms with Gasteiger partial charge in [-0.05, 0) is 48.9 Å². The van der Waals surface area contributed by atoms with Crippen LogP contribution >= 0.6 is 0 Å². The molecule has 0 unspecified atom stereocenters. The highest BCUT2D eigenvalue weighted by molar-refractivity contribution is 7.92. The Bertz CT molecular complexity index is 1130. The number of para-hydroxylation sites is 2. The van der Waals surface area contributed by atoms with Crippen molar-refractivity contribution in [1.29, 1.82) is 0 Å². The molecule has 0 fully saturated rings. The van der Waals surface area contributed by atoms with Gasteiger partial charge in [-0.2, -0.15) is 0 Å². The standard InChI is InChI=1S/C21H19FN2O3S/c1-15-8-3-6-13-20(15)24(2)28(26,27)17-10-7-9-16(14-17)21(25)23-19-12-5-4-11-18(19)22/h3-14H,1-2H3,(H,23,25). The van der Waals surface area contributed by atoms with Gasteiger partial charge in [0.2, 0.25) is 0 Å². The normalized spacial score (nSPS) is 11.1. The first-order chi connectivity index (χ1) is 13.3. The van der Waals surface area contributed by atoms with Crippen LogP contribution < -0.4 is 9.62 Å². The lowest BCUT2D eigenvalue weighted by Crippen LogP contribution is -2.27. The zero-order valence-corrected chi connectivity index (χ0v) is 16.2. The minimum atomic E-state index is -3.87. The Balaban J connectivity index is 1.91. The van der Waals surface area contributed by atoms with Crippen LogP contribution in [0.25, 0.3) is 0 Å². The molecule has 5 nitrogen and oxygen atoms in total. The van der Waals surface area contributed by atoms with Gasteiger partial charge in [-0.25, -0.2) is 12.8 Å². The van der Waals surface area contributed by atoms with E-state index in [1.807, 2.05) is 19.1 Å². The van der Waals surface area contributed by atoms with Gasteiger partial charge in [0, 0.05) is 12.6 Å². The van der Waals surface area contributed by atoms with Crippen LogP contribution in [0, 0.1) is 12.7 Å². The summed E-state index contributed by atoms with van der Waals surface area (Å²) >= 11 is 0. The van der Waals surface area contributed by atoms with Gasteiger partial charge in [0.1, 0.15) is 5.82 Å². The highest BCUT2D eigenvalue weighted by Crippen LogP contribution is 2.25. The number of hydrogen-bond acceptors (Lipinski definition) is 3. The molecule has 0 saturated carbocycles. The molecule has 28 heavy (non-hydrogen) atoms. The van der Waals surface area contributed by atoms with E-state index < -0.39 is 21.7 Å². The molecular weight excluding hydrogens is 379 g/mol. The maximum atomic E-state index is 13.7. The van der Waals surface area contributed by atoms with E-state index in [-0.39, 0.29) is 16.1 Å². The fraction of sp³-hybridized carbons (Fsp3) is 0.0952. The molecule has 0 atom stereocenters. The predicted octanol–water partition coefficient (Wildman–Crippen LogP) is 4.21.